The van der Waals surface area contributed by atoms with Gasteiger partial charge in [0.05, 0.1) is 6.10 Å². The molecular formula is C12H16ClN3O2. The lowest BCUT2D eigenvalue weighted by Gasteiger charge is -2.28. The molecule has 1 aliphatic rings. The van der Waals surface area contributed by atoms with Crippen LogP contribution in [0.1, 0.15) is 36.2 Å². The molecule has 1 amide bonds. The summed E-state index contributed by atoms with van der Waals surface area (Å²) in [6.45, 7) is 0. The second-order valence-electron chi connectivity index (χ2n) is 4.39. The van der Waals surface area contributed by atoms with Gasteiger partial charge in [0.1, 0.15) is 5.69 Å². The van der Waals surface area contributed by atoms with E-state index in [2.05, 4.69) is 15.3 Å². The Hall–Kier alpha value is -1.20. The maximum atomic E-state index is 11.9. The summed E-state index contributed by atoms with van der Waals surface area (Å²) in [7, 11) is 1.73. The summed E-state index contributed by atoms with van der Waals surface area (Å²) in [6.07, 6.45) is 5.63. The maximum Gasteiger partial charge on any atom is 0.270 e. The van der Waals surface area contributed by atoms with Gasteiger partial charge in [0.15, 0.2) is 0 Å². The number of nitrogens with zero attached hydrogens (tertiary/aromatic N) is 2. The number of nitrogens with one attached hydrogen (secondary N) is 1. The number of carbonyl (C=O) groups is 1. The van der Waals surface area contributed by atoms with Crippen LogP contribution < -0.4 is 5.32 Å². The Balaban J connectivity index is 1.89. The molecule has 2 rings (SSSR count). The molecule has 1 aromatic heterocycles. The first kappa shape index (κ1) is 13.2. The smallest absolute Gasteiger partial charge is 0.270 e. The zero-order chi connectivity index (χ0) is 13.0. The van der Waals surface area contributed by atoms with Crippen LogP contribution in [-0.4, -0.2) is 35.1 Å². The Morgan fingerprint density at radius 3 is 2.78 bits per heavy atom. The van der Waals surface area contributed by atoms with E-state index in [1.54, 1.807) is 13.2 Å². The molecule has 0 spiro atoms. The number of ether oxygens (including phenoxy) is 1. The van der Waals surface area contributed by atoms with E-state index < -0.39 is 0 Å². The molecule has 5 nitrogen and oxygen atoms in total. The van der Waals surface area contributed by atoms with E-state index >= 15 is 0 Å². The number of methoxy groups -OCH3 is 1. The van der Waals surface area contributed by atoms with Crippen molar-refractivity contribution < 1.29 is 9.53 Å². The summed E-state index contributed by atoms with van der Waals surface area (Å²) in [6, 6.07) is 1.75. The molecule has 0 radical (unpaired) electrons. The largest absolute Gasteiger partial charge is 0.381 e. The highest BCUT2D eigenvalue weighted by Crippen LogP contribution is 2.20. The summed E-state index contributed by atoms with van der Waals surface area (Å²) in [5.41, 5.74) is 0.309. The van der Waals surface area contributed by atoms with Crippen LogP contribution in [0.3, 0.4) is 0 Å². The highest BCUT2D eigenvalue weighted by molar-refractivity contribution is 6.28. The van der Waals surface area contributed by atoms with Crippen molar-refractivity contribution in [1.82, 2.24) is 15.3 Å². The zero-order valence-corrected chi connectivity index (χ0v) is 11.0. The summed E-state index contributed by atoms with van der Waals surface area (Å²) < 4.78 is 5.29. The SMILES string of the molecule is CO[C@H]1CC[C@H](NC(=O)c2ccnc(Cl)n2)CC1. The molecule has 0 unspecified atom stereocenters. The molecule has 1 N–H and O–H groups in total. The van der Waals surface area contributed by atoms with Gasteiger partial charge < -0.3 is 10.1 Å². The lowest BCUT2D eigenvalue weighted by molar-refractivity contribution is 0.0598. The van der Waals surface area contributed by atoms with E-state index in [-0.39, 0.29) is 17.2 Å². The van der Waals surface area contributed by atoms with E-state index in [4.69, 9.17) is 16.3 Å². The second kappa shape index (κ2) is 6.11. The first-order valence-electron chi connectivity index (χ1n) is 6.01. The molecule has 98 valence electrons. The standard InChI is InChI=1S/C12H16ClN3O2/c1-18-9-4-2-8(3-5-9)15-11(17)10-6-7-14-12(13)16-10/h6-9H,2-5H2,1H3,(H,15,17)/t8-,9-. The number of rotatable bonds is 3. The fraction of sp³-hybridized carbons (Fsp3) is 0.583. The molecule has 0 atom stereocenters. The minimum Gasteiger partial charge on any atom is -0.381 e. The van der Waals surface area contributed by atoms with Gasteiger partial charge in [-0.3, -0.25) is 4.79 Å². The monoisotopic (exact) mass is 269 g/mol. The average molecular weight is 270 g/mol. The first-order valence-corrected chi connectivity index (χ1v) is 6.39. The van der Waals surface area contributed by atoms with Crippen LogP contribution in [0.15, 0.2) is 12.3 Å². The molecule has 1 saturated carbocycles. The molecule has 1 aromatic rings. The van der Waals surface area contributed by atoms with Gasteiger partial charge in [-0.25, -0.2) is 9.97 Å². The van der Waals surface area contributed by atoms with Crippen molar-refractivity contribution in [2.24, 2.45) is 0 Å². The van der Waals surface area contributed by atoms with Crippen LogP contribution >= 0.6 is 11.6 Å². The Morgan fingerprint density at radius 2 is 2.17 bits per heavy atom. The molecular weight excluding hydrogens is 254 g/mol. The number of amides is 1. The highest BCUT2D eigenvalue weighted by Gasteiger charge is 2.22. The van der Waals surface area contributed by atoms with Crippen LogP contribution in [0.25, 0.3) is 0 Å². The van der Waals surface area contributed by atoms with Gasteiger partial charge in [-0.15, -0.1) is 0 Å². The Kier molecular flexibility index (Phi) is 4.49. The Labute approximate surface area is 111 Å². The van der Waals surface area contributed by atoms with E-state index in [9.17, 15) is 4.79 Å². The number of halogens is 1. The number of aromatic nitrogens is 2. The van der Waals surface area contributed by atoms with Crippen LogP contribution in [0.2, 0.25) is 5.28 Å². The fourth-order valence-corrected chi connectivity index (χ4v) is 2.31. The maximum absolute atomic E-state index is 11.9. The van der Waals surface area contributed by atoms with Crippen molar-refractivity contribution in [2.45, 2.75) is 37.8 Å². The quantitative estimate of drug-likeness (QED) is 0.850. The van der Waals surface area contributed by atoms with Crippen LogP contribution in [0.5, 0.6) is 0 Å². The highest BCUT2D eigenvalue weighted by atomic mass is 35.5. The minimum absolute atomic E-state index is 0.0886. The molecule has 0 bridgehead atoms. The van der Waals surface area contributed by atoms with Crippen molar-refractivity contribution in [2.75, 3.05) is 7.11 Å². The van der Waals surface area contributed by atoms with Gasteiger partial charge >= 0.3 is 0 Å². The van der Waals surface area contributed by atoms with Gasteiger partial charge in [-0.1, -0.05) is 0 Å². The summed E-state index contributed by atoms with van der Waals surface area (Å²) in [5.74, 6) is -0.194. The molecule has 1 aliphatic carbocycles. The third kappa shape index (κ3) is 3.40. The predicted molar refractivity (Wildman–Crippen MR) is 67.6 cm³/mol. The number of carbonyl (C=O) groups excluding carboxylic acids is 1. The van der Waals surface area contributed by atoms with Crippen molar-refractivity contribution >= 4 is 17.5 Å². The Bertz CT molecular complexity index is 420. The fourth-order valence-electron chi connectivity index (χ4n) is 2.16. The minimum atomic E-state index is -0.194. The van der Waals surface area contributed by atoms with Crippen molar-refractivity contribution in [3.63, 3.8) is 0 Å². The van der Waals surface area contributed by atoms with Crippen LogP contribution in [0.4, 0.5) is 0 Å². The van der Waals surface area contributed by atoms with Crippen LogP contribution in [0, 0.1) is 0 Å². The molecule has 6 heteroatoms. The summed E-state index contributed by atoms with van der Waals surface area (Å²) in [5, 5.41) is 3.05. The van der Waals surface area contributed by atoms with Gasteiger partial charge in [-0.05, 0) is 43.4 Å². The van der Waals surface area contributed by atoms with Crippen molar-refractivity contribution in [1.29, 1.82) is 0 Å². The first-order chi connectivity index (χ1) is 8.69. The van der Waals surface area contributed by atoms with Gasteiger partial charge in [0, 0.05) is 19.3 Å². The Morgan fingerprint density at radius 1 is 1.44 bits per heavy atom. The summed E-state index contributed by atoms with van der Waals surface area (Å²) >= 11 is 5.65. The zero-order valence-electron chi connectivity index (χ0n) is 10.2. The normalized spacial score (nSPS) is 23.7. The third-order valence-corrected chi connectivity index (χ3v) is 3.38. The van der Waals surface area contributed by atoms with Gasteiger partial charge in [-0.2, -0.15) is 0 Å². The van der Waals surface area contributed by atoms with Crippen molar-refractivity contribution in [3.8, 4) is 0 Å². The van der Waals surface area contributed by atoms with Crippen LogP contribution in [-0.2, 0) is 4.74 Å². The molecule has 0 aliphatic heterocycles. The molecule has 0 aromatic carbocycles. The van der Waals surface area contributed by atoms with E-state index in [0.29, 0.717) is 11.8 Å². The molecule has 0 saturated heterocycles. The second-order valence-corrected chi connectivity index (χ2v) is 4.73. The lowest BCUT2D eigenvalue weighted by atomic mass is 9.93. The third-order valence-electron chi connectivity index (χ3n) is 3.20. The molecule has 18 heavy (non-hydrogen) atoms. The number of hydrogen-bond acceptors (Lipinski definition) is 4. The van der Waals surface area contributed by atoms with Crippen molar-refractivity contribution in [3.05, 3.63) is 23.2 Å². The molecule has 1 fully saturated rings. The molecule has 1 heterocycles. The lowest BCUT2D eigenvalue weighted by Crippen LogP contribution is -2.39. The summed E-state index contributed by atoms with van der Waals surface area (Å²) in [4.78, 5) is 19.6. The van der Waals surface area contributed by atoms with Gasteiger partial charge in [0.25, 0.3) is 5.91 Å². The van der Waals surface area contributed by atoms with Gasteiger partial charge in [0.2, 0.25) is 5.28 Å². The topological polar surface area (TPSA) is 64.1 Å². The van der Waals surface area contributed by atoms with E-state index in [1.165, 1.54) is 6.20 Å². The number of hydrogen-bond donors (Lipinski definition) is 1. The van der Waals surface area contributed by atoms with E-state index in [1.807, 2.05) is 0 Å². The van der Waals surface area contributed by atoms with E-state index in [0.717, 1.165) is 25.7 Å². The predicted octanol–water partition coefficient (Wildman–Crippen LogP) is 1.82. The average Bonchev–Trinajstić information content (AvgIpc) is 2.39.